The summed E-state index contributed by atoms with van der Waals surface area (Å²) in [6.45, 7) is 3.84. The van der Waals surface area contributed by atoms with Crippen molar-refractivity contribution in [2.24, 2.45) is 5.92 Å². The van der Waals surface area contributed by atoms with Gasteiger partial charge in [-0.15, -0.1) is 0 Å². The Labute approximate surface area is 121 Å². The maximum Gasteiger partial charge on any atom is 0.244 e. The number of hydrogen-bond donors (Lipinski definition) is 1. The number of nitrogens with two attached hydrogens (primary N) is 1. The Bertz CT molecular complexity index is 580. The Morgan fingerprint density at radius 1 is 1.30 bits per heavy atom. The molecule has 2 N–H and O–H groups in total. The maximum atomic E-state index is 12.3. The number of rotatable bonds is 6. The molecule has 0 radical (unpaired) electrons. The lowest BCUT2D eigenvalue weighted by molar-refractivity contribution is 0.521. The van der Waals surface area contributed by atoms with Crippen molar-refractivity contribution in [2.45, 2.75) is 24.7 Å². The minimum atomic E-state index is -3.50. The Balaban J connectivity index is 2.40. The van der Waals surface area contributed by atoms with Crippen LogP contribution in [0.15, 0.2) is 23.1 Å². The molecule has 0 unspecified atom stereocenters. The van der Waals surface area contributed by atoms with Gasteiger partial charge < -0.3 is 10.6 Å². The summed E-state index contributed by atoms with van der Waals surface area (Å²) in [6, 6.07) is 5.23. The van der Waals surface area contributed by atoms with Gasteiger partial charge >= 0.3 is 0 Å². The topological polar surface area (TPSA) is 66.6 Å². The summed E-state index contributed by atoms with van der Waals surface area (Å²) in [6.07, 6.45) is 2.51. The van der Waals surface area contributed by atoms with Gasteiger partial charge in [-0.25, -0.2) is 12.7 Å². The summed E-state index contributed by atoms with van der Waals surface area (Å²) in [4.78, 5) is 2.36. The molecule has 0 spiro atoms. The van der Waals surface area contributed by atoms with Crippen LogP contribution >= 0.6 is 0 Å². The van der Waals surface area contributed by atoms with E-state index in [2.05, 4.69) is 11.8 Å². The zero-order chi connectivity index (χ0) is 14.9. The monoisotopic (exact) mass is 297 g/mol. The van der Waals surface area contributed by atoms with Crippen molar-refractivity contribution in [3.8, 4) is 0 Å². The Morgan fingerprint density at radius 2 is 1.95 bits per heavy atom. The van der Waals surface area contributed by atoms with E-state index in [0.29, 0.717) is 5.69 Å². The first-order chi connectivity index (χ1) is 9.37. The predicted molar refractivity (Wildman–Crippen MR) is 82.3 cm³/mol. The normalized spacial score (nSPS) is 15.6. The predicted octanol–water partition coefficient (Wildman–Crippen LogP) is 1.76. The molecule has 1 aliphatic rings. The van der Waals surface area contributed by atoms with Gasteiger partial charge in [0, 0.05) is 27.2 Å². The lowest BCUT2D eigenvalue weighted by atomic mass is 10.2. The molecule has 1 fully saturated rings. The number of nitrogens with zero attached hydrogens (tertiary/aromatic N) is 2. The van der Waals surface area contributed by atoms with Crippen LogP contribution in [0.1, 0.15) is 19.8 Å². The van der Waals surface area contributed by atoms with Crippen LogP contribution in [-0.2, 0) is 10.0 Å². The zero-order valence-corrected chi connectivity index (χ0v) is 13.2. The summed E-state index contributed by atoms with van der Waals surface area (Å²) in [5.74, 6) is 0.725. The van der Waals surface area contributed by atoms with Crippen LogP contribution in [0.5, 0.6) is 0 Å². The minimum Gasteiger partial charge on any atom is -0.396 e. The molecule has 1 saturated carbocycles. The van der Waals surface area contributed by atoms with Gasteiger partial charge in [0.1, 0.15) is 4.90 Å². The number of anilines is 2. The van der Waals surface area contributed by atoms with E-state index in [-0.39, 0.29) is 4.90 Å². The van der Waals surface area contributed by atoms with Gasteiger partial charge in [-0.1, -0.05) is 6.07 Å². The second-order valence-electron chi connectivity index (χ2n) is 5.46. The van der Waals surface area contributed by atoms with Crippen LogP contribution in [0.2, 0.25) is 0 Å². The van der Waals surface area contributed by atoms with Crippen LogP contribution in [0.3, 0.4) is 0 Å². The third kappa shape index (κ3) is 2.91. The molecule has 0 heterocycles. The molecule has 1 aromatic carbocycles. The molecule has 0 amide bonds. The maximum absolute atomic E-state index is 12.3. The van der Waals surface area contributed by atoms with E-state index in [9.17, 15) is 8.42 Å². The smallest absolute Gasteiger partial charge is 0.244 e. The Kier molecular flexibility index (Phi) is 4.25. The average molecular weight is 297 g/mol. The SMILES string of the molecule is CCN(CC1CC1)c1cccc(S(=O)(=O)N(C)C)c1N. The second-order valence-corrected chi connectivity index (χ2v) is 7.58. The summed E-state index contributed by atoms with van der Waals surface area (Å²) < 4.78 is 25.7. The van der Waals surface area contributed by atoms with E-state index < -0.39 is 10.0 Å². The van der Waals surface area contributed by atoms with Crippen LogP contribution < -0.4 is 10.6 Å². The van der Waals surface area contributed by atoms with Crippen molar-refractivity contribution in [1.82, 2.24) is 4.31 Å². The van der Waals surface area contributed by atoms with Crippen LogP contribution in [0.25, 0.3) is 0 Å². The highest BCUT2D eigenvalue weighted by atomic mass is 32.2. The number of benzene rings is 1. The highest BCUT2D eigenvalue weighted by molar-refractivity contribution is 7.89. The summed E-state index contributed by atoms with van der Waals surface area (Å²) in [5.41, 5.74) is 7.30. The van der Waals surface area contributed by atoms with Gasteiger partial charge in [0.2, 0.25) is 10.0 Å². The number of nitrogen functional groups attached to an aromatic ring is 1. The van der Waals surface area contributed by atoms with Crippen molar-refractivity contribution >= 4 is 21.4 Å². The second kappa shape index (κ2) is 5.61. The number of para-hydroxylation sites is 1. The van der Waals surface area contributed by atoms with Gasteiger partial charge in [-0.2, -0.15) is 0 Å². The third-order valence-electron chi connectivity index (χ3n) is 3.70. The Hall–Kier alpha value is -1.27. The molecule has 0 aliphatic heterocycles. The lowest BCUT2D eigenvalue weighted by Gasteiger charge is -2.26. The van der Waals surface area contributed by atoms with Crippen molar-refractivity contribution in [2.75, 3.05) is 37.8 Å². The van der Waals surface area contributed by atoms with E-state index in [0.717, 1.165) is 24.7 Å². The molecule has 0 atom stereocenters. The Morgan fingerprint density at radius 3 is 2.45 bits per heavy atom. The minimum absolute atomic E-state index is 0.189. The summed E-state index contributed by atoms with van der Waals surface area (Å²) >= 11 is 0. The molecule has 0 bridgehead atoms. The van der Waals surface area contributed by atoms with Crippen molar-refractivity contribution in [1.29, 1.82) is 0 Å². The molecule has 5 nitrogen and oxygen atoms in total. The molecule has 6 heteroatoms. The van der Waals surface area contributed by atoms with Crippen LogP contribution in [-0.4, -0.2) is 39.9 Å². The van der Waals surface area contributed by atoms with Crippen molar-refractivity contribution < 1.29 is 8.42 Å². The van der Waals surface area contributed by atoms with Gasteiger partial charge in [-0.05, 0) is 37.8 Å². The highest BCUT2D eigenvalue weighted by Crippen LogP contribution is 2.35. The first-order valence-electron chi connectivity index (χ1n) is 6.94. The molecule has 1 aromatic rings. The molecule has 0 saturated heterocycles. The number of sulfonamides is 1. The van der Waals surface area contributed by atoms with Crippen molar-refractivity contribution in [3.05, 3.63) is 18.2 Å². The van der Waals surface area contributed by atoms with Gasteiger partial charge in [-0.3, -0.25) is 0 Å². The van der Waals surface area contributed by atoms with E-state index in [1.807, 2.05) is 6.07 Å². The molecule has 0 aromatic heterocycles. The van der Waals surface area contributed by atoms with E-state index in [1.165, 1.54) is 31.2 Å². The standard InChI is InChI=1S/C14H23N3O2S/c1-4-17(10-11-8-9-11)12-6-5-7-13(14(12)15)20(18,19)16(2)3/h5-7,11H,4,8-10,15H2,1-3H3. The fourth-order valence-electron chi connectivity index (χ4n) is 2.24. The molecule has 1 aliphatic carbocycles. The fourth-order valence-corrected chi connectivity index (χ4v) is 3.27. The van der Waals surface area contributed by atoms with Crippen LogP contribution in [0.4, 0.5) is 11.4 Å². The molecule has 20 heavy (non-hydrogen) atoms. The quantitative estimate of drug-likeness (QED) is 0.812. The number of hydrogen-bond acceptors (Lipinski definition) is 4. The highest BCUT2D eigenvalue weighted by Gasteiger charge is 2.27. The molecule has 112 valence electrons. The van der Waals surface area contributed by atoms with Crippen LogP contribution in [0, 0.1) is 5.92 Å². The average Bonchev–Trinajstić information content (AvgIpc) is 3.20. The molecular weight excluding hydrogens is 274 g/mol. The van der Waals surface area contributed by atoms with Gasteiger partial charge in [0.15, 0.2) is 0 Å². The fraction of sp³-hybridized carbons (Fsp3) is 0.571. The van der Waals surface area contributed by atoms with E-state index >= 15 is 0 Å². The van der Waals surface area contributed by atoms with Gasteiger partial charge in [0.05, 0.1) is 11.4 Å². The molecule has 2 rings (SSSR count). The summed E-state index contributed by atoms with van der Waals surface area (Å²) in [7, 11) is -0.469. The largest absolute Gasteiger partial charge is 0.396 e. The zero-order valence-electron chi connectivity index (χ0n) is 12.3. The first kappa shape index (κ1) is 15.1. The molecular formula is C14H23N3O2S. The van der Waals surface area contributed by atoms with Gasteiger partial charge in [0.25, 0.3) is 0 Å². The van der Waals surface area contributed by atoms with Crippen molar-refractivity contribution in [3.63, 3.8) is 0 Å². The summed E-state index contributed by atoms with van der Waals surface area (Å²) in [5, 5.41) is 0. The van der Waals surface area contributed by atoms with E-state index in [4.69, 9.17) is 5.73 Å². The first-order valence-corrected chi connectivity index (χ1v) is 8.38. The lowest BCUT2D eigenvalue weighted by Crippen LogP contribution is -2.28. The van der Waals surface area contributed by atoms with E-state index in [1.54, 1.807) is 12.1 Å². The third-order valence-corrected chi connectivity index (χ3v) is 5.57.